The van der Waals surface area contributed by atoms with Gasteiger partial charge in [-0.05, 0) is 6.07 Å². The lowest BCUT2D eigenvalue weighted by molar-refractivity contribution is -0.393. The van der Waals surface area contributed by atoms with Gasteiger partial charge in [0.25, 0.3) is 11.4 Å². The highest BCUT2D eigenvalue weighted by Crippen LogP contribution is 2.29. The topological polar surface area (TPSA) is 136 Å². The molecule has 1 unspecified atom stereocenters. The van der Waals surface area contributed by atoms with E-state index in [0.717, 1.165) is 12.1 Å². The van der Waals surface area contributed by atoms with Crippen molar-refractivity contribution in [3.05, 3.63) is 56.4 Å². The molecule has 1 heterocycles. The number of anilines is 1. The molecule has 10 heteroatoms. The molecule has 10 nitrogen and oxygen atoms in total. The molecule has 2 aromatic rings. The minimum atomic E-state index is -0.913. The molecule has 2 N–H and O–H groups in total. The van der Waals surface area contributed by atoms with E-state index in [1.54, 1.807) is 13.2 Å². The molecule has 0 saturated heterocycles. The second kappa shape index (κ2) is 6.18. The van der Waals surface area contributed by atoms with Crippen LogP contribution in [0.2, 0.25) is 0 Å². The molecule has 1 aromatic carbocycles. The highest BCUT2D eigenvalue weighted by atomic mass is 16.6. The lowest BCUT2D eigenvalue weighted by atomic mass is 10.2. The number of aliphatic hydroxyl groups is 1. The number of aliphatic hydroxyl groups excluding tert-OH is 1. The van der Waals surface area contributed by atoms with E-state index >= 15 is 0 Å². The normalized spacial score (nSPS) is 11.9. The number of nitrogens with zero attached hydrogens (tertiary/aromatic N) is 4. The fourth-order valence-corrected chi connectivity index (χ4v) is 1.87. The van der Waals surface area contributed by atoms with Crippen molar-refractivity contribution in [2.24, 2.45) is 7.05 Å². The van der Waals surface area contributed by atoms with Crippen LogP contribution < -0.4 is 5.32 Å². The molecule has 0 spiro atoms. The largest absolute Gasteiger partial charge is 0.386 e. The summed E-state index contributed by atoms with van der Waals surface area (Å²) < 4.78 is 1.52. The number of benzene rings is 1. The third kappa shape index (κ3) is 3.35. The van der Waals surface area contributed by atoms with Gasteiger partial charge in [0, 0.05) is 31.4 Å². The van der Waals surface area contributed by atoms with Gasteiger partial charge >= 0.3 is 0 Å². The van der Waals surface area contributed by atoms with E-state index in [1.807, 2.05) is 0 Å². The zero-order valence-corrected chi connectivity index (χ0v) is 11.5. The number of aryl methyl sites for hydroxylation is 1. The second-order valence-electron chi connectivity index (χ2n) is 4.56. The molecule has 0 aliphatic heterocycles. The Morgan fingerprint density at radius 1 is 1.36 bits per heavy atom. The number of rotatable bonds is 6. The molecular formula is C12H13N5O5. The molecule has 116 valence electrons. The van der Waals surface area contributed by atoms with Gasteiger partial charge in [0.15, 0.2) is 0 Å². The van der Waals surface area contributed by atoms with E-state index in [0.29, 0.717) is 5.56 Å². The van der Waals surface area contributed by atoms with Gasteiger partial charge in [0.2, 0.25) is 0 Å². The number of nitro groups is 2. The van der Waals surface area contributed by atoms with Gasteiger partial charge in [0.05, 0.1) is 28.2 Å². The number of hydrogen-bond acceptors (Lipinski definition) is 7. The van der Waals surface area contributed by atoms with Crippen LogP contribution in [-0.2, 0) is 7.05 Å². The number of nitro benzene ring substituents is 2. The van der Waals surface area contributed by atoms with Crippen LogP contribution >= 0.6 is 0 Å². The molecule has 2 rings (SSSR count). The minimum absolute atomic E-state index is 0.00431. The first-order chi connectivity index (χ1) is 10.4. The van der Waals surface area contributed by atoms with Crippen molar-refractivity contribution < 1.29 is 15.0 Å². The van der Waals surface area contributed by atoms with Crippen molar-refractivity contribution in [2.75, 3.05) is 11.9 Å². The van der Waals surface area contributed by atoms with Crippen LogP contribution in [0.1, 0.15) is 11.7 Å². The lowest BCUT2D eigenvalue weighted by Gasteiger charge is -2.11. The van der Waals surface area contributed by atoms with Crippen LogP contribution in [0.15, 0.2) is 30.6 Å². The molecule has 1 atom stereocenters. The monoisotopic (exact) mass is 307 g/mol. The van der Waals surface area contributed by atoms with E-state index in [2.05, 4.69) is 10.4 Å². The Bertz CT molecular complexity index is 714. The summed E-state index contributed by atoms with van der Waals surface area (Å²) in [6.45, 7) is 0.00431. The Morgan fingerprint density at radius 3 is 2.64 bits per heavy atom. The van der Waals surface area contributed by atoms with Gasteiger partial charge in [0.1, 0.15) is 5.69 Å². The zero-order chi connectivity index (χ0) is 16.3. The van der Waals surface area contributed by atoms with Crippen molar-refractivity contribution in [3.63, 3.8) is 0 Å². The maximum absolute atomic E-state index is 11.0. The summed E-state index contributed by atoms with van der Waals surface area (Å²) in [4.78, 5) is 20.2. The molecule has 0 bridgehead atoms. The highest BCUT2D eigenvalue weighted by Gasteiger charge is 2.20. The van der Waals surface area contributed by atoms with Crippen molar-refractivity contribution in [2.45, 2.75) is 6.10 Å². The summed E-state index contributed by atoms with van der Waals surface area (Å²) in [5, 5.41) is 38.2. The van der Waals surface area contributed by atoms with Crippen LogP contribution in [0.3, 0.4) is 0 Å². The summed E-state index contributed by atoms with van der Waals surface area (Å²) in [6.07, 6.45) is 2.19. The highest BCUT2D eigenvalue weighted by molar-refractivity contribution is 5.65. The third-order valence-corrected chi connectivity index (χ3v) is 2.98. The van der Waals surface area contributed by atoms with Crippen molar-refractivity contribution in [1.29, 1.82) is 0 Å². The van der Waals surface area contributed by atoms with Gasteiger partial charge in [-0.2, -0.15) is 5.10 Å². The summed E-state index contributed by atoms with van der Waals surface area (Å²) in [5.74, 6) is 0. The van der Waals surface area contributed by atoms with Gasteiger partial charge in [-0.3, -0.25) is 24.9 Å². The average molecular weight is 307 g/mol. The Labute approximate surface area is 124 Å². The smallest absolute Gasteiger partial charge is 0.299 e. The Balaban J connectivity index is 2.15. The Hall–Kier alpha value is -3.01. The van der Waals surface area contributed by atoms with E-state index < -0.39 is 21.6 Å². The average Bonchev–Trinajstić information content (AvgIpc) is 2.91. The summed E-state index contributed by atoms with van der Waals surface area (Å²) in [7, 11) is 1.70. The van der Waals surface area contributed by atoms with Gasteiger partial charge in [-0.1, -0.05) is 0 Å². The standard InChI is InChI=1S/C12H13N5O5/c1-15-7-8(5-14-15)12(18)6-13-10-3-2-9(16(19)20)4-11(10)17(21)22/h2-5,7,12-13,18H,6H2,1H3. The zero-order valence-electron chi connectivity index (χ0n) is 11.5. The van der Waals surface area contributed by atoms with Gasteiger partial charge in [-0.15, -0.1) is 0 Å². The molecule has 1 aromatic heterocycles. The second-order valence-corrected chi connectivity index (χ2v) is 4.56. The molecule has 0 saturated carbocycles. The number of aromatic nitrogens is 2. The maximum Gasteiger partial charge on any atom is 0.299 e. The number of hydrogen-bond donors (Lipinski definition) is 2. The van der Waals surface area contributed by atoms with Gasteiger partial charge < -0.3 is 10.4 Å². The Kier molecular flexibility index (Phi) is 4.32. The van der Waals surface area contributed by atoms with E-state index in [1.165, 1.54) is 16.9 Å². The van der Waals surface area contributed by atoms with Crippen LogP contribution in [0.5, 0.6) is 0 Å². The molecular weight excluding hydrogens is 294 g/mol. The van der Waals surface area contributed by atoms with E-state index in [4.69, 9.17) is 0 Å². The minimum Gasteiger partial charge on any atom is -0.386 e. The summed E-state index contributed by atoms with van der Waals surface area (Å²) >= 11 is 0. The molecule has 0 amide bonds. The first kappa shape index (κ1) is 15.4. The predicted octanol–water partition coefficient (Wildman–Crippen LogP) is 1.38. The third-order valence-electron chi connectivity index (χ3n) is 2.98. The van der Waals surface area contributed by atoms with E-state index in [-0.39, 0.29) is 17.9 Å². The van der Waals surface area contributed by atoms with Crippen LogP contribution in [0, 0.1) is 20.2 Å². The van der Waals surface area contributed by atoms with Crippen molar-refractivity contribution in [3.8, 4) is 0 Å². The molecule has 0 aliphatic carbocycles. The first-order valence-electron chi connectivity index (χ1n) is 6.22. The van der Waals surface area contributed by atoms with Gasteiger partial charge in [-0.25, -0.2) is 0 Å². The fourth-order valence-electron chi connectivity index (χ4n) is 1.87. The predicted molar refractivity (Wildman–Crippen MR) is 76.4 cm³/mol. The van der Waals surface area contributed by atoms with Crippen molar-refractivity contribution in [1.82, 2.24) is 9.78 Å². The van der Waals surface area contributed by atoms with Crippen LogP contribution in [0.4, 0.5) is 17.1 Å². The molecule has 0 fully saturated rings. The molecule has 0 aliphatic rings. The summed E-state index contributed by atoms with van der Waals surface area (Å²) in [6, 6.07) is 3.27. The van der Waals surface area contributed by atoms with E-state index in [9.17, 15) is 25.3 Å². The van der Waals surface area contributed by atoms with Crippen LogP contribution in [-0.4, -0.2) is 31.3 Å². The Morgan fingerprint density at radius 2 is 2.09 bits per heavy atom. The number of nitrogens with one attached hydrogen (secondary N) is 1. The van der Waals surface area contributed by atoms with Crippen LogP contribution in [0.25, 0.3) is 0 Å². The maximum atomic E-state index is 11.0. The SMILES string of the molecule is Cn1cc(C(O)CNc2ccc([N+](=O)[O-])cc2[N+](=O)[O-])cn1. The fraction of sp³-hybridized carbons (Fsp3) is 0.250. The lowest BCUT2D eigenvalue weighted by Crippen LogP contribution is -2.12. The quantitative estimate of drug-likeness (QED) is 0.607. The van der Waals surface area contributed by atoms with Crippen molar-refractivity contribution >= 4 is 17.1 Å². The number of non-ortho nitro benzene ring substituents is 1. The first-order valence-corrected chi connectivity index (χ1v) is 6.22. The molecule has 0 radical (unpaired) electrons. The molecule has 22 heavy (non-hydrogen) atoms. The summed E-state index contributed by atoms with van der Waals surface area (Å²) in [5.41, 5.74) is -0.143.